The van der Waals surface area contributed by atoms with E-state index >= 15 is 0 Å². The molecule has 2 atom stereocenters. The number of anilines is 1. The average Bonchev–Trinajstić information content (AvgIpc) is 3.52. The summed E-state index contributed by atoms with van der Waals surface area (Å²) >= 11 is 6.11. The van der Waals surface area contributed by atoms with E-state index in [-0.39, 0.29) is 22.8 Å². The quantitative estimate of drug-likeness (QED) is 0.475. The van der Waals surface area contributed by atoms with Crippen LogP contribution in [0.5, 0.6) is 0 Å². The molecule has 2 fully saturated rings. The average molecular weight is 491 g/mol. The topological polar surface area (TPSA) is 23.6 Å². The van der Waals surface area contributed by atoms with Crippen molar-refractivity contribution in [3.8, 4) is 0 Å². The van der Waals surface area contributed by atoms with E-state index in [0.29, 0.717) is 38.3 Å². The third kappa shape index (κ3) is 5.39. The van der Waals surface area contributed by atoms with E-state index in [0.717, 1.165) is 36.2 Å². The van der Waals surface area contributed by atoms with Gasteiger partial charge < -0.3 is 9.80 Å². The van der Waals surface area contributed by atoms with Crippen LogP contribution >= 0.6 is 11.6 Å². The van der Waals surface area contributed by atoms with Gasteiger partial charge in [0.25, 0.3) is 0 Å². The van der Waals surface area contributed by atoms with Gasteiger partial charge in [-0.15, -0.1) is 0 Å². The zero-order valence-corrected chi connectivity index (χ0v) is 18.1. The molecule has 0 radical (unpaired) electrons. The maximum absolute atomic E-state index is 13.0. The molecule has 4 rings (SSSR count). The number of halogens is 7. The highest BCUT2D eigenvalue weighted by Gasteiger charge is 2.41. The molecule has 10 heteroatoms. The van der Waals surface area contributed by atoms with Crippen molar-refractivity contribution in [1.82, 2.24) is 4.90 Å². The van der Waals surface area contributed by atoms with Crippen molar-refractivity contribution in [1.29, 1.82) is 0 Å². The first-order valence-corrected chi connectivity index (χ1v) is 10.9. The summed E-state index contributed by atoms with van der Waals surface area (Å²) in [6.07, 6.45) is -7.80. The van der Waals surface area contributed by atoms with Crippen LogP contribution in [0.4, 0.5) is 32.0 Å². The fourth-order valence-electron chi connectivity index (χ4n) is 4.28. The molecule has 0 bridgehead atoms. The van der Waals surface area contributed by atoms with Gasteiger partial charge in [-0.2, -0.15) is 26.3 Å². The molecule has 3 nitrogen and oxygen atoms in total. The van der Waals surface area contributed by atoms with Crippen LogP contribution in [-0.2, 0) is 17.1 Å². The predicted octanol–water partition coefficient (Wildman–Crippen LogP) is 6.22. The van der Waals surface area contributed by atoms with Crippen molar-refractivity contribution in [2.45, 2.75) is 31.1 Å². The van der Waals surface area contributed by atoms with Crippen LogP contribution < -0.4 is 4.90 Å². The molecule has 2 aliphatic rings. The second-order valence-electron chi connectivity index (χ2n) is 8.46. The lowest BCUT2D eigenvalue weighted by molar-refractivity contribution is -0.138. The monoisotopic (exact) mass is 490 g/mol. The summed E-state index contributed by atoms with van der Waals surface area (Å²) in [5.74, 6) is 0.107. The van der Waals surface area contributed by atoms with E-state index in [4.69, 9.17) is 11.6 Å². The maximum atomic E-state index is 13.0. The highest BCUT2D eigenvalue weighted by Crippen LogP contribution is 2.50. The van der Waals surface area contributed by atoms with Crippen LogP contribution in [0.15, 0.2) is 42.5 Å². The van der Waals surface area contributed by atoms with Gasteiger partial charge in [0, 0.05) is 32.6 Å². The number of piperazine rings is 1. The number of hydrogen-bond donors (Lipinski definition) is 0. The number of hydrogen-bond acceptors (Lipinski definition) is 2. The Bertz CT molecular complexity index is 1010. The number of alkyl halides is 6. The van der Waals surface area contributed by atoms with Crippen LogP contribution in [0, 0.1) is 5.92 Å². The van der Waals surface area contributed by atoms with Crippen molar-refractivity contribution in [3.63, 3.8) is 0 Å². The Kier molecular flexibility index (Phi) is 6.28. The Morgan fingerprint density at radius 3 is 2.03 bits per heavy atom. The first kappa shape index (κ1) is 23.7. The SMILES string of the molecule is O=C(C[C@H]1C[C@H]1c1ccc(C(F)(F)F)cc1)N1CCN(c2cc(C(F)(F)F)ccc2Cl)CC1. The Morgan fingerprint density at radius 1 is 0.879 bits per heavy atom. The molecule has 1 aliphatic heterocycles. The summed E-state index contributed by atoms with van der Waals surface area (Å²) in [5, 5.41) is 0.222. The van der Waals surface area contributed by atoms with Gasteiger partial charge in [0.15, 0.2) is 0 Å². The van der Waals surface area contributed by atoms with Gasteiger partial charge in [-0.3, -0.25) is 4.79 Å². The van der Waals surface area contributed by atoms with Crippen LogP contribution in [-0.4, -0.2) is 37.0 Å². The van der Waals surface area contributed by atoms with Gasteiger partial charge in [0.2, 0.25) is 5.91 Å². The van der Waals surface area contributed by atoms with Crippen molar-refractivity contribution in [2.24, 2.45) is 5.92 Å². The molecule has 2 aromatic carbocycles. The Balaban J connectivity index is 1.30. The first-order chi connectivity index (χ1) is 15.4. The highest BCUT2D eigenvalue weighted by atomic mass is 35.5. The lowest BCUT2D eigenvalue weighted by Crippen LogP contribution is -2.49. The molecule has 1 heterocycles. The number of carbonyl (C=O) groups is 1. The minimum atomic E-state index is -4.47. The number of carbonyl (C=O) groups excluding carboxylic acids is 1. The van der Waals surface area contributed by atoms with E-state index in [1.165, 1.54) is 18.2 Å². The van der Waals surface area contributed by atoms with Gasteiger partial charge in [0.1, 0.15) is 0 Å². The van der Waals surface area contributed by atoms with Gasteiger partial charge in [-0.05, 0) is 54.2 Å². The molecular formula is C23H21ClF6N2O. The summed E-state index contributed by atoms with van der Waals surface area (Å²) in [6, 6.07) is 8.25. The van der Waals surface area contributed by atoms with Crippen molar-refractivity contribution >= 4 is 23.2 Å². The second-order valence-corrected chi connectivity index (χ2v) is 8.87. The lowest BCUT2D eigenvalue weighted by atomic mass is 10.0. The molecule has 1 saturated heterocycles. The van der Waals surface area contributed by atoms with Gasteiger partial charge >= 0.3 is 12.4 Å². The number of amides is 1. The standard InChI is InChI=1S/C23H21ClF6N2O/c24-19-6-5-17(23(28,29)30)13-20(19)31-7-9-32(10-8-31)21(33)12-15-11-18(15)14-1-3-16(4-2-14)22(25,26)27/h1-6,13,15,18H,7-12H2/t15-,18+/m1/s1. The molecular weight excluding hydrogens is 470 g/mol. The normalized spacial score (nSPS) is 21.3. The van der Waals surface area contributed by atoms with E-state index in [1.807, 2.05) is 0 Å². The zero-order chi connectivity index (χ0) is 24.0. The zero-order valence-electron chi connectivity index (χ0n) is 17.4. The van der Waals surface area contributed by atoms with Gasteiger partial charge in [-0.1, -0.05) is 23.7 Å². The summed E-state index contributed by atoms with van der Waals surface area (Å²) in [6.45, 7) is 1.45. The summed E-state index contributed by atoms with van der Waals surface area (Å²) in [5.41, 5.74) is -0.380. The summed E-state index contributed by atoms with van der Waals surface area (Å²) in [4.78, 5) is 16.1. The Labute approximate surface area is 191 Å². The summed E-state index contributed by atoms with van der Waals surface area (Å²) < 4.78 is 77.2. The minimum absolute atomic E-state index is 0.0517. The van der Waals surface area contributed by atoms with Crippen LogP contribution in [0.25, 0.3) is 0 Å². The number of nitrogens with zero attached hydrogens (tertiary/aromatic N) is 2. The molecule has 33 heavy (non-hydrogen) atoms. The molecule has 1 saturated carbocycles. The van der Waals surface area contributed by atoms with Crippen LogP contribution in [0.1, 0.15) is 35.4 Å². The van der Waals surface area contributed by atoms with E-state index < -0.39 is 23.5 Å². The maximum Gasteiger partial charge on any atom is 0.416 e. The largest absolute Gasteiger partial charge is 0.416 e. The number of benzene rings is 2. The Hall–Kier alpha value is -2.42. The predicted molar refractivity (Wildman–Crippen MR) is 112 cm³/mol. The van der Waals surface area contributed by atoms with Crippen LogP contribution in [0.3, 0.4) is 0 Å². The molecule has 0 unspecified atom stereocenters. The fraction of sp³-hybridized carbons (Fsp3) is 0.435. The van der Waals surface area contributed by atoms with Gasteiger partial charge in [-0.25, -0.2) is 0 Å². The lowest BCUT2D eigenvalue weighted by Gasteiger charge is -2.36. The molecule has 178 valence electrons. The molecule has 1 amide bonds. The smallest absolute Gasteiger partial charge is 0.367 e. The molecule has 1 aliphatic carbocycles. The van der Waals surface area contributed by atoms with Crippen molar-refractivity contribution in [2.75, 3.05) is 31.1 Å². The minimum Gasteiger partial charge on any atom is -0.367 e. The van der Waals surface area contributed by atoms with E-state index in [9.17, 15) is 31.1 Å². The summed E-state index contributed by atoms with van der Waals surface area (Å²) in [7, 11) is 0. The fourth-order valence-corrected chi connectivity index (χ4v) is 4.52. The third-order valence-electron chi connectivity index (χ3n) is 6.27. The van der Waals surface area contributed by atoms with Crippen LogP contribution in [0.2, 0.25) is 5.02 Å². The van der Waals surface area contributed by atoms with Crippen molar-refractivity contribution in [3.05, 3.63) is 64.2 Å². The second kappa shape index (κ2) is 8.74. The molecule has 2 aromatic rings. The third-order valence-corrected chi connectivity index (χ3v) is 6.59. The van der Waals surface area contributed by atoms with Gasteiger partial charge in [0.05, 0.1) is 21.8 Å². The number of rotatable bonds is 4. The molecule has 0 N–H and O–H groups in total. The highest BCUT2D eigenvalue weighted by molar-refractivity contribution is 6.33. The van der Waals surface area contributed by atoms with E-state index in [2.05, 4.69) is 0 Å². The molecule has 0 aromatic heterocycles. The first-order valence-electron chi connectivity index (χ1n) is 10.5. The Morgan fingerprint density at radius 2 is 1.45 bits per heavy atom. The molecule has 0 spiro atoms. The van der Waals surface area contributed by atoms with Crippen molar-refractivity contribution < 1.29 is 31.1 Å². The van der Waals surface area contributed by atoms with E-state index in [1.54, 1.807) is 9.80 Å².